The molecule has 0 aliphatic heterocycles. The Hall–Kier alpha value is -2.95. The van der Waals surface area contributed by atoms with Crippen LogP contribution in [0.25, 0.3) is 11.3 Å². The van der Waals surface area contributed by atoms with Crippen LogP contribution in [0.2, 0.25) is 0 Å². The van der Waals surface area contributed by atoms with Gasteiger partial charge in [0.1, 0.15) is 0 Å². The van der Waals surface area contributed by atoms with Crippen molar-refractivity contribution in [3.8, 4) is 11.3 Å². The molecule has 5 nitrogen and oxygen atoms in total. The smallest absolute Gasteiger partial charge is 0.273 e. The van der Waals surface area contributed by atoms with Gasteiger partial charge in [0, 0.05) is 24.0 Å². The van der Waals surface area contributed by atoms with Crippen LogP contribution in [0.15, 0.2) is 59.4 Å². The molecule has 2 heterocycles. The average Bonchev–Trinajstić information content (AvgIpc) is 3.13. The molecule has 1 N–H and O–H groups in total. The SMILES string of the molecule is CCc1ccc([C@@H](C)NC(=O)c2cc(-c3cccnc3)on2)cc1. The van der Waals surface area contributed by atoms with E-state index in [2.05, 4.69) is 34.5 Å². The maximum absolute atomic E-state index is 12.3. The number of benzene rings is 1. The quantitative estimate of drug-likeness (QED) is 0.776. The lowest BCUT2D eigenvalue weighted by Crippen LogP contribution is -2.26. The first-order chi connectivity index (χ1) is 11.7. The summed E-state index contributed by atoms with van der Waals surface area (Å²) in [5, 5.41) is 6.79. The van der Waals surface area contributed by atoms with Crippen molar-refractivity contribution in [2.45, 2.75) is 26.3 Å². The fraction of sp³-hybridized carbons (Fsp3) is 0.211. The standard InChI is InChI=1S/C19H19N3O2/c1-3-14-6-8-15(9-7-14)13(2)21-19(23)17-11-18(24-22-17)16-5-4-10-20-12-16/h4-13H,3H2,1-2H3,(H,21,23)/t13-/m1/s1. The number of nitrogens with zero attached hydrogens (tertiary/aromatic N) is 2. The molecule has 1 aromatic carbocycles. The highest BCUT2D eigenvalue weighted by Gasteiger charge is 2.16. The Morgan fingerprint density at radius 3 is 2.71 bits per heavy atom. The highest BCUT2D eigenvalue weighted by atomic mass is 16.5. The van der Waals surface area contributed by atoms with Crippen LogP contribution < -0.4 is 5.32 Å². The van der Waals surface area contributed by atoms with E-state index in [9.17, 15) is 4.79 Å². The molecular weight excluding hydrogens is 302 g/mol. The van der Waals surface area contributed by atoms with Crippen molar-refractivity contribution in [2.75, 3.05) is 0 Å². The van der Waals surface area contributed by atoms with Crippen LogP contribution in [0, 0.1) is 0 Å². The molecule has 24 heavy (non-hydrogen) atoms. The van der Waals surface area contributed by atoms with Gasteiger partial charge in [0.05, 0.1) is 6.04 Å². The summed E-state index contributed by atoms with van der Waals surface area (Å²) in [7, 11) is 0. The molecule has 1 atom stereocenters. The van der Waals surface area contributed by atoms with Crippen molar-refractivity contribution in [3.05, 3.63) is 71.7 Å². The molecule has 0 radical (unpaired) electrons. The normalized spacial score (nSPS) is 11.9. The summed E-state index contributed by atoms with van der Waals surface area (Å²) in [5.74, 6) is 0.258. The number of amides is 1. The molecule has 5 heteroatoms. The molecule has 0 aliphatic rings. The van der Waals surface area contributed by atoms with Gasteiger partial charge in [0.25, 0.3) is 5.91 Å². The number of nitrogens with one attached hydrogen (secondary N) is 1. The Labute approximate surface area is 140 Å². The molecule has 0 fully saturated rings. The maximum Gasteiger partial charge on any atom is 0.273 e. The molecule has 3 rings (SSSR count). The zero-order chi connectivity index (χ0) is 16.9. The summed E-state index contributed by atoms with van der Waals surface area (Å²) in [5.41, 5.74) is 3.37. The molecule has 0 unspecified atom stereocenters. The van der Waals surface area contributed by atoms with Crippen molar-refractivity contribution >= 4 is 5.91 Å². The zero-order valence-corrected chi connectivity index (χ0v) is 13.7. The van der Waals surface area contributed by atoms with Gasteiger partial charge in [0.2, 0.25) is 0 Å². The minimum absolute atomic E-state index is 0.109. The van der Waals surface area contributed by atoms with Crippen LogP contribution in [-0.4, -0.2) is 16.0 Å². The highest BCUT2D eigenvalue weighted by Crippen LogP contribution is 2.20. The third-order valence-corrected chi connectivity index (χ3v) is 3.92. The molecule has 3 aromatic rings. The number of hydrogen-bond acceptors (Lipinski definition) is 4. The number of carbonyl (C=O) groups excluding carboxylic acids is 1. The minimum atomic E-state index is -0.263. The lowest BCUT2D eigenvalue weighted by Gasteiger charge is -2.13. The summed E-state index contributed by atoms with van der Waals surface area (Å²) in [6, 6.07) is 13.4. The molecule has 2 aromatic heterocycles. The first-order valence-corrected chi connectivity index (χ1v) is 7.94. The number of aromatic nitrogens is 2. The third-order valence-electron chi connectivity index (χ3n) is 3.92. The van der Waals surface area contributed by atoms with E-state index in [0.717, 1.165) is 17.5 Å². The van der Waals surface area contributed by atoms with Crippen LogP contribution in [0.4, 0.5) is 0 Å². The first kappa shape index (κ1) is 15.9. The predicted octanol–water partition coefficient (Wildman–Crippen LogP) is 3.79. The molecule has 122 valence electrons. The lowest BCUT2D eigenvalue weighted by atomic mass is 10.0. The van der Waals surface area contributed by atoms with E-state index in [4.69, 9.17) is 4.52 Å². The molecule has 0 saturated heterocycles. The van der Waals surface area contributed by atoms with E-state index in [1.54, 1.807) is 24.5 Å². The second-order valence-corrected chi connectivity index (χ2v) is 5.61. The first-order valence-electron chi connectivity index (χ1n) is 7.94. The summed E-state index contributed by atoms with van der Waals surface area (Å²) in [4.78, 5) is 16.4. The van der Waals surface area contributed by atoms with Gasteiger partial charge in [-0.25, -0.2) is 0 Å². The van der Waals surface area contributed by atoms with Gasteiger partial charge < -0.3 is 9.84 Å². The third kappa shape index (κ3) is 3.51. The van der Waals surface area contributed by atoms with Crippen molar-refractivity contribution in [1.82, 2.24) is 15.5 Å². The highest BCUT2D eigenvalue weighted by molar-refractivity contribution is 5.93. The summed E-state index contributed by atoms with van der Waals surface area (Å²) < 4.78 is 5.24. The largest absolute Gasteiger partial charge is 0.355 e. The fourth-order valence-corrected chi connectivity index (χ4v) is 2.42. The number of aryl methyl sites for hydroxylation is 1. The second kappa shape index (κ2) is 7.08. The van der Waals surface area contributed by atoms with Crippen LogP contribution >= 0.6 is 0 Å². The molecule has 1 amide bonds. The topological polar surface area (TPSA) is 68.0 Å². The Morgan fingerprint density at radius 1 is 1.25 bits per heavy atom. The van der Waals surface area contributed by atoms with Gasteiger partial charge in [-0.05, 0) is 36.6 Å². The van der Waals surface area contributed by atoms with E-state index < -0.39 is 0 Å². The zero-order valence-electron chi connectivity index (χ0n) is 13.7. The van der Waals surface area contributed by atoms with Gasteiger partial charge in [-0.1, -0.05) is 36.3 Å². The van der Waals surface area contributed by atoms with Gasteiger partial charge in [-0.15, -0.1) is 0 Å². The summed E-state index contributed by atoms with van der Waals surface area (Å²) >= 11 is 0. The van der Waals surface area contributed by atoms with Crippen LogP contribution in [0.3, 0.4) is 0 Å². The molecule has 0 saturated carbocycles. The predicted molar refractivity (Wildman–Crippen MR) is 91.4 cm³/mol. The van der Waals surface area contributed by atoms with Gasteiger partial charge in [-0.2, -0.15) is 0 Å². The Kier molecular flexibility index (Phi) is 4.70. The van der Waals surface area contributed by atoms with Crippen molar-refractivity contribution in [2.24, 2.45) is 0 Å². The lowest BCUT2D eigenvalue weighted by molar-refractivity contribution is 0.0931. The van der Waals surface area contributed by atoms with Gasteiger partial charge in [-0.3, -0.25) is 9.78 Å². The Morgan fingerprint density at radius 2 is 2.04 bits per heavy atom. The molecule has 0 aliphatic carbocycles. The molecular formula is C19H19N3O2. The van der Waals surface area contributed by atoms with Crippen LogP contribution in [0.5, 0.6) is 0 Å². The monoisotopic (exact) mass is 321 g/mol. The van der Waals surface area contributed by atoms with Crippen LogP contribution in [0.1, 0.15) is 41.5 Å². The van der Waals surface area contributed by atoms with Crippen molar-refractivity contribution in [3.63, 3.8) is 0 Å². The number of carbonyl (C=O) groups is 1. The van der Waals surface area contributed by atoms with E-state index in [1.165, 1.54) is 5.56 Å². The number of hydrogen-bond donors (Lipinski definition) is 1. The van der Waals surface area contributed by atoms with E-state index in [-0.39, 0.29) is 17.6 Å². The number of pyridine rings is 1. The fourth-order valence-electron chi connectivity index (χ4n) is 2.42. The second-order valence-electron chi connectivity index (χ2n) is 5.61. The molecule has 0 bridgehead atoms. The van der Waals surface area contributed by atoms with Gasteiger partial charge in [0.15, 0.2) is 11.5 Å². The van der Waals surface area contributed by atoms with E-state index >= 15 is 0 Å². The van der Waals surface area contributed by atoms with Gasteiger partial charge >= 0.3 is 0 Å². The van der Waals surface area contributed by atoms with E-state index in [0.29, 0.717) is 5.76 Å². The van der Waals surface area contributed by atoms with E-state index in [1.807, 2.05) is 25.1 Å². The number of rotatable bonds is 5. The van der Waals surface area contributed by atoms with Crippen molar-refractivity contribution in [1.29, 1.82) is 0 Å². The Bertz CT molecular complexity index is 810. The molecule has 0 spiro atoms. The Balaban J connectivity index is 1.69. The average molecular weight is 321 g/mol. The van der Waals surface area contributed by atoms with Crippen LogP contribution in [-0.2, 0) is 6.42 Å². The summed E-state index contributed by atoms with van der Waals surface area (Å²) in [6.07, 6.45) is 4.34. The summed E-state index contributed by atoms with van der Waals surface area (Å²) in [6.45, 7) is 4.06. The maximum atomic E-state index is 12.3. The minimum Gasteiger partial charge on any atom is -0.355 e. The van der Waals surface area contributed by atoms with Crippen molar-refractivity contribution < 1.29 is 9.32 Å².